The first kappa shape index (κ1) is 26.8. The predicted molar refractivity (Wildman–Crippen MR) is 121 cm³/mol. The summed E-state index contributed by atoms with van der Waals surface area (Å²) in [6.45, 7) is 4.07. The highest BCUT2D eigenvalue weighted by atomic mass is 31.2. The molecule has 3 rings (SSSR count). The zero-order chi connectivity index (χ0) is 25.8. The van der Waals surface area contributed by atoms with Crippen LogP contribution in [0.4, 0.5) is 4.39 Å². The zero-order valence-corrected chi connectivity index (χ0v) is 20.1. The van der Waals surface area contributed by atoms with Gasteiger partial charge in [-0.1, -0.05) is 18.2 Å². The van der Waals surface area contributed by atoms with Crippen molar-refractivity contribution in [3.8, 4) is 5.75 Å². The molecule has 1 aromatic heterocycles. The Hall–Kier alpha value is -2.83. The molecule has 2 aromatic rings. The smallest absolute Gasteiger partial charge is 0.459 e. The Morgan fingerprint density at radius 3 is 2.57 bits per heavy atom. The van der Waals surface area contributed by atoms with E-state index in [2.05, 4.69) is 5.09 Å². The molecule has 0 spiro atoms. The Balaban J connectivity index is 1.75. The molecular weight excluding hydrogens is 488 g/mol. The third-order valence-corrected chi connectivity index (χ3v) is 6.50. The number of aliphatic hydroxyl groups excluding tert-OH is 1. The minimum atomic E-state index is -4.28. The SMILES string of the molecule is CC(C)OC(=O)[C@H](C)N[P@](=O)(OCC1O[C@@H](n2ccc(=O)[nH]c2=O)[C@@H](F)[C@@H]1O)Oc1ccccc1. The molecule has 3 N–H and O–H groups in total. The summed E-state index contributed by atoms with van der Waals surface area (Å²) in [5, 5.41) is 12.8. The summed E-state index contributed by atoms with van der Waals surface area (Å²) >= 11 is 0. The lowest BCUT2D eigenvalue weighted by Gasteiger charge is -2.25. The predicted octanol–water partition coefficient (Wildman–Crippen LogP) is 1.27. The quantitative estimate of drug-likeness (QED) is 0.311. The fourth-order valence-electron chi connectivity index (χ4n) is 3.20. The average Bonchev–Trinajstić information content (AvgIpc) is 3.06. The van der Waals surface area contributed by atoms with Crippen LogP contribution in [-0.2, 0) is 23.4 Å². The molecule has 0 amide bonds. The second-order valence-electron chi connectivity index (χ2n) is 8.05. The van der Waals surface area contributed by atoms with Crippen molar-refractivity contribution >= 4 is 13.7 Å². The minimum absolute atomic E-state index is 0.154. The molecule has 2 heterocycles. The summed E-state index contributed by atoms with van der Waals surface area (Å²) in [4.78, 5) is 37.4. The Morgan fingerprint density at radius 1 is 1.26 bits per heavy atom. The van der Waals surface area contributed by atoms with Crippen LogP contribution >= 0.6 is 7.75 Å². The number of H-pyrrole nitrogens is 1. The normalized spacial score (nSPS) is 24.6. The summed E-state index contributed by atoms with van der Waals surface area (Å²) in [7, 11) is -4.28. The van der Waals surface area contributed by atoms with Gasteiger partial charge in [0.15, 0.2) is 12.4 Å². The van der Waals surface area contributed by atoms with Crippen LogP contribution in [-0.4, -0.2) is 57.8 Å². The van der Waals surface area contributed by atoms with E-state index in [-0.39, 0.29) is 5.75 Å². The number of nitrogens with one attached hydrogen (secondary N) is 2. The lowest BCUT2D eigenvalue weighted by Crippen LogP contribution is -2.37. The first-order valence-electron chi connectivity index (χ1n) is 10.8. The number of nitrogens with zero attached hydrogens (tertiary/aromatic N) is 1. The molecule has 1 saturated heterocycles. The second-order valence-corrected chi connectivity index (χ2v) is 9.75. The van der Waals surface area contributed by atoms with Gasteiger partial charge in [0.25, 0.3) is 5.56 Å². The Kier molecular flexibility index (Phi) is 8.62. The highest BCUT2D eigenvalue weighted by molar-refractivity contribution is 7.52. The van der Waals surface area contributed by atoms with Gasteiger partial charge in [0.05, 0.1) is 12.7 Å². The number of carbonyl (C=O) groups excluding carboxylic acids is 1. The molecule has 1 aromatic carbocycles. The number of esters is 1. The number of hydrogen-bond donors (Lipinski definition) is 3. The topological polar surface area (TPSA) is 158 Å². The van der Waals surface area contributed by atoms with E-state index in [1.165, 1.54) is 19.1 Å². The molecule has 0 saturated carbocycles. The molecule has 0 radical (unpaired) electrons. The number of aromatic amines is 1. The number of alkyl halides is 1. The maximum atomic E-state index is 14.7. The maximum absolute atomic E-state index is 14.7. The van der Waals surface area contributed by atoms with Crippen molar-refractivity contribution in [3.05, 3.63) is 63.4 Å². The van der Waals surface area contributed by atoms with E-state index in [9.17, 15) is 28.4 Å². The van der Waals surface area contributed by atoms with E-state index in [4.69, 9.17) is 18.5 Å². The van der Waals surface area contributed by atoms with Crippen LogP contribution in [0.25, 0.3) is 0 Å². The van der Waals surface area contributed by atoms with Gasteiger partial charge in [-0.05, 0) is 32.9 Å². The lowest BCUT2D eigenvalue weighted by molar-refractivity contribution is -0.149. The summed E-state index contributed by atoms with van der Waals surface area (Å²) in [5.41, 5.74) is -1.62. The van der Waals surface area contributed by atoms with Crippen LogP contribution in [0.2, 0.25) is 0 Å². The van der Waals surface area contributed by atoms with E-state index in [0.717, 1.165) is 16.8 Å². The number of ether oxygens (including phenoxy) is 2. The van der Waals surface area contributed by atoms with Crippen molar-refractivity contribution < 1.29 is 37.4 Å². The summed E-state index contributed by atoms with van der Waals surface area (Å²) in [6, 6.07) is 7.86. The Morgan fingerprint density at radius 2 is 1.94 bits per heavy atom. The molecule has 192 valence electrons. The first-order valence-corrected chi connectivity index (χ1v) is 12.3. The van der Waals surface area contributed by atoms with E-state index in [1.54, 1.807) is 32.0 Å². The lowest BCUT2D eigenvalue weighted by atomic mass is 10.1. The van der Waals surface area contributed by atoms with Gasteiger partial charge in [0.2, 0.25) is 0 Å². The molecule has 6 atom stereocenters. The molecule has 0 aliphatic carbocycles. The van der Waals surface area contributed by atoms with Gasteiger partial charge >= 0.3 is 19.4 Å². The van der Waals surface area contributed by atoms with E-state index in [1.807, 2.05) is 4.98 Å². The van der Waals surface area contributed by atoms with E-state index < -0.39 is 68.3 Å². The number of aromatic nitrogens is 2. The van der Waals surface area contributed by atoms with Gasteiger partial charge < -0.3 is 19.1 Å². The minimum Gasteiger partial charge on any atom is -0.462 e. The van der Waals surface area contributed by atoms with Crippen LogP contribution < -0.4 is 20.9 Å². The number of rotatable bonds is 10. The van der Waals surface area contributed by atoms with Crippen LogP contribution in [0.3, 0.4) is 0 Å². The molecule has 12 nitrogen and oxygen atoms in total. The maximum Gasteiger partial charge on any atom is 0.459 e. The van der Waals surface area contributed by atoms with Crippen molar-refractivity contribution in [2.75, 3.05) is 6.61 Å². The molecular formula is C21H27FN3O9P. The summed E-state index contributed by atoms with van der Waals surface area (Å²) < 4.78 is 50.4. The molecule has 35 heavy (non-hydrogen) atoms. The van der Waals surface area contributed by atoms with Gasteiger partial charge in [-0.2, -0.15) is 5.09 Å². The zero-order valence-electron chi connectivity index (χ0n) is 19.2. The first-order chi connectivity index (χ1) is 16.5. The van der Waals surface area contributed by atoms with Crippen molar-refractivity contribution in [1.29, 1.82) is 0 Å². The second kappa shape index (κ2) is 11.3. The standard InChI is InChI=1S/C21H27FN3O9P/c1-12(2)32-20(28)13(3)24-35(30,34-14-7-5-4-6-8-14)31-11-15-18(27)17(22)19(33-15)25-10-9-16(26)23-21(25)29/h4-10,12-13,15,17-19,27H,11H2,1-3H3,(H,24,30)(H,23,26,29)/t13-,15?,17-,18+,19+,35-/m0/s1. The number of benzene rings is 1. The van der Waals surface area contributed by atoms with Crippen LogP contribution in [0.1, 0.15) is 27.0 Å². The molecule has 14 heteroatoms. The summed E-state index contributed by atoms with van der Waals surface area (Å²) in [5.74, 6) is -0.555. The molecule has 1 fully saturated rings. The summed E-state index contributed by atoms with van der Waals surface area (Å²) in [6.07, 6.45) is -6.13. The highest BCUT2D eigenvalue weighted by Crippen LogP contribution is 2.46. The van der Waals surface area contributed by atoms with Crippen LogP contribution in [0.5, 0.6) is 5.75 Å². The number of aliphatic hydroxyl groups is 1. The van der Waals surface area contributed by atoms with E-state index in [0.29, 0.717) is 0 Å². The number of halogens is 1. The van der Waals surface area contributed by atoms with Gasteiger partial charge in [0.1, 0.15) is 24.0 Å². The Bertz CT molecular complexity index is 1170. The van der Waals surface area contributed by atoms with Gasteiger partial charge in [-0.3, -0.25) is 23.7 Å². The van der Waals surface area contributed by atoms with Crippen molar-refractivity contribution in [3.63, 3.8) is 0 Å². The molecule has 0 bridgehead atoms. The molecule has 1 aliphatic rings. The third-order valence-electron chi connectivity index (χ3n) is 4.85. The number of para-hydroxylation sites is 1. The van der Waals surface area contributed by atoms with Crippen molar-refractivity contribution in [1.82, 2.24) is 14.6 Å². The highest BCUT2D eigenvalue weighted by Gasteiger charge is 2.47. The van der Waals surface area contributed by atoms with Crippen molar-refractivity contribution in [2.24, 2.45) is 0 Å². The van der Waals surface area contributed by atoms with E-state index >= 15 is 0 Å². The largest absolute Gasteiger partial charge is 0.462 e. The monoisotopic (exact) mass is 515 g/mol. The molecule has 1 unspecified atom stereocenters. The van der Waals surface area contributed by atoms with Gasteiger partial charge in [-0.25, -0.2) is 13.8 Å². The Labute approximate surface area is 199 Å². The van der Waals surface area contributed by atoms with Crippen LogP contribution in [0, 0.1) is 0 Å². The molecule has 1 aliphatic heterocycles. The van der Waals surface area contributed by atoms with Crippen LogP contribution in [0.15, 0.2) is 52.2 Å². The fourth-order valence-corrected chi connectivity index (χ4v) is 4.70. The third kappa shape index (κ3) is 6.86. The average molecular weight is 515 g/mol. The van der Waals surface area contributed by atoms with Gasteiger partial charge in [0, 0.05) is 12.3 Å². The number of carbonyl (C=O) groups is 1. The van der Waals surface area contributed by atoms with Crippen molar-refractivity contribution in [2.45, 2.75) is 57.5 Å². The van der Waals surface area contributed by atoms with Gasteiger partial charge in [-0.15, -0.1) is 0 Å². The fraction of sp³-hybridized carbons (Fsp3) is 0.476. The number of hydrogen-bond acceptors (Lipinski definition) is 9.